The van der Waals surface area contributed by atoms with Gasteiger partial charge >= 0.3 is 5.97 Å². The summed E-state index contributed by atoms with van der Waals surface area (Å²) in [5.41, 5.74) is 4.82. The van der Waals surface area contributed by atoms with Gasteiger partial charge < -0.3 is 9.53 Å². The van der Waals surface area contributed by atoms with Gasteiger partial charge in [0.2, 0.25) is 0 Å². The lowest BCUT2D eigenvalue weighted by Gasteiger charge is -2.40. The van der Waals surface area contributed by atoms with E-state index in [9.17, 15) is 9.90 Å². The van der Waals surface area contributed by atoms with Crippen molar-refractivity contribution in [2.24, 2.45) is 10.4 Å². The van der Waals surface area contributed by atoms with E-state index in [2.05, 4.69) is 65.1 Å². The number of carboxylic acids is 1. The molecule has 0 saturated heterocycles. The molecule has 1 aromatic carbocycles. The lowest BCUT2D eigenvalue weighted by Crippen LogP contribution is -2.41. The molecule has 4 nitrogen and oxygen atoms in total. The van der Waals surface area contributed by atoms with Crippen molar-refractivity contribution in [2.75, 3.05) is 6.61 Å². The van der Waals surface area contributed by atoms with E-state index in [1.54, 1.807) is 6.21 Å². The summed E-state index contributed by atoms with van der Waals surface area (Å²) in [4.78, 5) is 16.4. The van der Waals surface area contributed by atoms with E-state index in [-0.39, 0.29) is 16.9 Å². The third-order valence-corrected chi connectivity index (χ3v) is 11.5. The summed E-state index contributed by atoms with van der Waals surface area (Å²) < 4.78 is 6.42. The molecule has 1 aromatic rings. The second-order valence-electron chi connectivity index (χ2n) is 10.3. The number of aliphatic carboxylic acids is 1. The summed E-state index contributed by atoms with van der Waals surface area (Å²) >= 11 is 0. The van der Waals surface area contributed by atoms with Crippen molar-refractivity contribution in [3.05, 3.63) is 64.9 Å². The molecule has 3 rings (SSSR count). The highest BCUT2D eigenvalue weighted by molar-refractivity contribution is 6.74. The summed E-state index contributed by atoms with van der Waals surface area (Å²) in [5.74, 6) is -0.833. The highest BCUT2D eigenvalue weighted by Gasteiger charge is 2.41. The normalized spacial score (nSPS) is 21.5. The third-order valence-electron chi connectivity index (χ3n) is 6.94. The molecule has 1 aliphatic heterocycles. The van der Waals surface area contributed by atoms with Crippen molar-refractivity contribution in [1.29, 1.82) is 0 Å². The minimum Gasteiger partial charge on any atom is -0.481 e. The van der Waals surface area contributed by atoms with Crippen LogP contribution in [0.4, 0.5) is 0 Å². The molecule has 0 saturated carbocycles. The van der Waals surface area contributed by atoms with Crippen molar-refractivity contribution in [1.82, 2.24) is 0 Å². The second-order valence-corrected chi connectivity index (χ2v) is 15.1. The minimum atomic E-state index is -1.81. The Kier molecular flexibility index (Phi) is 6.58. The zero-order chi connectivity index (χ0) is 22.9. The van der Waals surface area contributed by atoms with Crippen LogP contribution in [0.15, 0.2) is 64.3 Å². The van der Waals surface area contributed by atoms with Crippen molar-refractivity contribution < 1.29 is 14.3 Å². The Morgan fingerprint density at radius 3 is 2.48 bits per heavy atom. The van der Waals surface area contributed by atoms with Gasteiger partial charge in [-0.05, 0) is 60.2 Å². The first-order valence-electron chi connectivity index (χ1n) is 11.0. The highest BCUT2D eigenvalue weighted by atomic mass is 28.4. The van der Waals surface area contributed by atoms with Crippen LogP contribution in [0.2, 0.25) is 18.1 Å². The zero-order valence-electron chi connectivity index (χ0n) is 19.7. The van der Waals surface area contributed by atoms with Crippen molar-refractivity contribution in [3.8, 4) is 0 Å². The number of carboxylic acid groups (broad SMARTS) is 1. The molecule has 31 heavy (non-hydrogen) atoms. The molecule has 1 heterocycles. The average Bonchev–Trinajstić information content (AvgIpc) is 2.66. The van der Waals surface area contributed by atoms with Crippen LogP contribution in [0, 0.1) is 5.41 Å². The van der Waals surface area contributed by atoms with E-state index in [1.807, 2.05) is 18.2 Å². The van der Waals surface area contributed by atoms with Gasteiger partial charge in [-0.2, -0.15) is 0 Å². The molecule has 0 radical (unpaired) electrons. The van der Waals surface area contributed by atoms with Crippen LogP contribution in [-0.2, 0) is 9.22 Å². The number of fused-ring (bicyclic) bond motifs is 1. The van der Waals surface area contributed by atoms with E-state index >= 15 is 0 Å². The SMILES string of the molecule is CC12CC=CC(CCO[Si](C)(C)C(C)(C)C)=C1N=CC(CC(=O)O)=C2c1ccccc1. The quantitative estimate of drug-likeness (QED) is 0.487. The topological polar surface area (TPSA) is 58.9 Å². The van der Waals surface area contributed by atoms with Gasteiger partial charge in [-0.25, -0.2) is 0 Å². The first-order valence-corrected chi connectivity index (χ1v) is 14.0. The van der Waals surface area contributed by atoms with E-state index in [4.69, 9.17) is 9.42 Å². The number of hydrogen-bond donors (Lipinski definition) is 1. The Balaban J connectivity index is 1.96. The van der Waals surface area contributed by atoms with Gasteiger partial charge in [-0.1, -0.05) is 63.3 Å². The Labute approximate surface area is 187 Å². The Morgan fingerprint density at radius 1 is 1.19 bits per heavy atom. The predicted molar refractivity (Wildman–Crippen MR) is 131 cm³/mol. The van der Waals surface area contributed by atoms with Crippen molar-refractivity contribution in [3.63, 3.8) is 0 Å². The van der Waals surface area contributed by atoms with Crippen LogP contribution in [0.3, 0.4) is 0 Å². The fraction of sp³-hybridized carbons (Fsp3) is 0.462. The number of allylic oxidation sites excluding steroid dienone is 3. The fourth-order valence-corrected chi connectivity index (χ4v) is 5.26. The lowest BCUT2D eigenvalue weighted by molar-refractivity contribution is -0.136. The van der Waals surface area contributed by atoms with Gasteiger partial charge in [0.25, 0.3) is 0 Å². The van der Waals surface area contributed by atoms with Gasteiger partial charge in [0.05, 0.1) is 12.1 Å². The number of carbonyl (C=O) groups is 1. The first kappa shape index (κ1) is 23.4. The van der Waals surface area contributed by atoms with E-state index in [1.165, 1.54) is 5.57 Å². The standard InChI is InChI=1S/C26H35NO3Si/c1-25(2,3)31(5,6)30-16-14-20-13-10-15-26(4)23(19-11-8-7-9-12-19)21(17-22(28)29)18-27-24(20)26/h7-13,18H,14-17H2,1-6H3,(H,28,29). The number of nitrogens with zero attached hydrogens (tertiary/aromatic N) is 1. The summed E-state index contributed by atoms with van der Waals surface area (Å²) in [6.45, 7) is 14.2. The van der Waals surface area contributed by atoms with Gasteiger partial charge in [0.1, 0.15) is 0 Å². The Morgan fingerprint density at radius 2 is 1.87 bits per heavy atom. The maximum atomic E-state index is 11.6. The minimum absolute atomic E-state index is 0.0237. The van der Waals surface area contributed by atoms with Crippen molar-refractivity contribution >= 4 is 26.1 Å². The predicted octanol–water partition coefficient (Wildman–Crippen LogP) is 6.63. The van der Waals surface area contributed by atoms with Crippen LogP contribution in [-0.4, -0.2) is 32.2 Å². The number of benzene rings is 1. The monoisotopic (exact) mass is 437 g/mol. The molecule has 0 aromatic heterocycles. The molecular formula is C26H35NO3Si. The fourth-order valence-electron chi connectivity index (χ4n) is 4.21. The van der Waals surface area contributed by atoms with Crippen LogP contribution in [0.25, 0.3) is 5.57 Å². The Bertz CT molecular complexity index is 964. The first-order chi connectivity index (χ1) is 14.5. The molecule has 5 heteroatoms. The van der Waals surface area contributed by atoms with Gasteiger partial charge in [-0.15, -0.1) is 0 Å². The number of aliphatic imine (C=N–C) groups is 1. The van der Waals surface area contributed by atoms with Crippen molar-refractivity contribution in [2.45, 2.75) is 65.1 Å². The molecule has 166 valence electrons. The van der Waals surface area contributed by atoms with Crippen LogP contribution >= 0.6 is 0 Å². The number of rotatable bonds is 7. The summed E-state index contributed by atoms with van der Waals surface area (Å²) in [6, 6.07) is 10.1. The molecular weight excluding hydrogens is 402 g/mol. The van der Waals surface area contributed by atoms with Gasteiger partial charge in [0.15, 0.2) is 8.32 Å². The molecule has 0 fully saturated rings. The van der Waals surface area contributed by atoms with Gasteiger partial charge in [0, 0.05) is 18.2 Å². The number of dihydropyridines is 1. The molecule has 0 spiro atoms. The van der Waals surface area contributed by atoms with E-state index in [0.717, 1.165) is 35.2 Å². The largest absolute Gasteiger partial charge is 0.481 e. The second kappa shape index (κ2) is 8.71. The smallest absolute Gasteiger partial charge is 0.307 e. The summed E-state index contributed by atoms with van der Waals surface area (Å²) in [5, 5.41) is 9.67. The molecule has 2 aliphatic rings. The Hall–Kier alpha value is -2.24. The van der Waals surface area contributed by atoms with E-state index in [0.29, 0.717) is 6.61 Å². The van der Waals surface area contributed by atoms with Crippen LogP contribution in [0.1, 0.15) is 52.5 Å². The zero-order valence-corrected chi connectivity index (χ0v) is 20.7. The number of hydrogen-bond acceptors (Lipinski definition) is 3. The lowest BCUT2D eigenvalue weighted by atomic mass is 9.67. The highest BCUT2D eigenvalue weighted by Crippen LogP contribution is 2.52. The molecule has 1 unspecified atom stereocenters. The summed E-state index contributed by atoms with van der Waals surface area (Å²) in [7, 11) is -1.81. The van der Waals surface area contributed by atoms with Crippen LogP contribution in [0.5, 0.6) is 0 Å². The molecule has 1 N–H and O–H groups in total. The maximum Gasteiger partial charge on any atom is 0.307 e. The molecule has 1 aliphatic carbocycles. The molecule has 0 amide bonds. The van der Waals surface area contributed by atoms with E-state index < -0.39 is 14.3 Å². The van der Waals surface area contributed by atoms with Crippen LogP contribution < -0.4 is 0 Å². The molecule has 0 bridgehead atoms. The molecule has 1 atom stereocenters. The third kappa shape index (κ3) is 4.83. The average molecular weight is 438 g/mol. The van der Waals surface area contributed by atoms with Gasteiger partial charge in [-0.3, -0.25) is 9.79 Å². The maximum absolute atomic E-state index is 11.6. The summed E-state index contributed by atoms with van der Waals surface area (Å²) in [6.07, 6.45) is 7.73.